The minimum atomic E-state index is 0.425. The summed E-state index contributed by atoms with van der Waals surface area (Å²) >= 11 is 0. The summed E-state index contributed by atoms with van der Waals surface area (Å²) in [6.07, 6.45) is 8.20. The van der Waals surface area contributed by atoms with Gasteiger partial charge in [0.05, 0.1) is 0 Å². The van der Waals surface area contributed by atoms with Crippen LogP contribution in [0.2, 0.25) is 0 Å². The van der Waals surface area contributed by atoms with Gasteiger partial charge in [-0.2, -0.15) is 0 Å². The highest BCUT2D eigenvalue weighted by Crippen LogP contribution is 2.18. The summed E-state index contributed by atoms with van der Waals surface area (Å²) in [4.78, 5) is 13.8. The molecule has 0 N–H and O–H groups in total. The molecule has 1 rings (SSSR count). The van der Waals surface area contributed by atoms with Crippen LogP contribution in [0.5, 0.6) is 0 Å². The molecule has 0 aliphatic carbocycles. The van der Waals surface area contributed by atoms with Crippen LogP contribution in [-0.4, -0.2) is 29.8 Å². The van der Waals surface area contributed by atoms with Crippen molar-refractivity contribution in [1.82, 2.24) is 4.90 Å². The molecule has 0 aromatic heterocycles. The Kier molecular flexibility index (Phi) is 5.62. The van der Waals surface area contributed by atoms with E-state index in [1.54, 1.807) is 0 Å². The molecule has 0 bridgehead atoms. The SMILES string of the molecule is C=CCC1CC(=O)CCN1CCCCC. The van der Waals surface area contributed by atoms with Crippen LogP contribution < -0.4 is 0 Å². The fraction of sp³-hybridized carbons (Fsp3) is 0.769. The summed E-state index contributed by atoms with van der Waals surface area (Å²) in [6, 6.07) is 0.431. The number of hydrogen-bond acceptors (Lipinski definition) is 2. The molecule has 0 spiro atoms. The predicted molar refractivity (Wildman–Crippen MR) is 63.9 cm³/mol. The van der Waals surface area contributed by atoms with E-state index in [0.29, 0.717) is 11.8 Å². The van der Waals surface area contributed by atoms with E-state index in [-0.39, 0.29) is 0 Å². The van der Waals surface area contributed by atoms with E-state index in [4.69, 9.17) is 0 Å². The Labute approximate surface area is 93.3 Å². The monoisotopic (exact) mass is 209 g/mol. The standard InChI is InChI=1S/C13H23NO/c1-3-5-6-9-14-10-8-13(15)11-12(14)7-4-2/h4,12H,2-3,5-11H2,1H3. The van der Waals surface area contributed by atoms with Gasteiger partial charge in [-0.3, -0.25) is 9.69 Å². The summed E-state index contributed by atoms with van der Waals surface area (Å²) in [5, 5.41) is 0. The van der Waals surface area contributed by atoms with Crippen LogP contribution in [0.3, 0.4) is 0 Å². The van der Waals surface area contributed by atoms with Crippen LogP contribution >= 0.6 is 0 Å². The third-order valence-electron chi connectivity index (χ3n) is 3.15. The molecular formula is C13H23NO. The number of carbonyl (C=O) groups excluding carboxylic acids is 1. The number of ketones is 1. The largest absolute Gasteiger partial charge is 0.300 e. The van der Waals surface area contributed by atoms with Crippen molar-refractivity contribution in [3.8, 4) is 0 Å². The zero-order valence-corrected chi connectivity index (χ0v) is 9.87. The molecule has 0 radical (unpaired) electrons. The second-order valence-corrected chi connectivity index (χ2v) is 4.41. The lowest BCUT2D eigenvalue weighted by Gasteiger charge is -2.34. The van der Waals surface area contributed by atoms with Crippen LogP contribution in [0.25, 0.3) is 0 Å². The van der Waals surface area contributed by atoms with Gasteiger partial charge in [0.25, 0.3) is 0 Å². The molecule has 15 heavy (non-hydrogen) atoms. The fourth-order valence-corrected chi connectivity index (χ4v) is 2.23. The minimum Gasteiger partial charge on any atom is -0.300 e. The number of likely N-dealkylation sites (tertiary alicyclic amines) is 1. The lowest BCUT2D eigenvalue weighted by molar-refractivity contribution is -0.123. The van der Waals surface area contributed by atoms with Gasteiger partial charge in [0.2, 0.25) is 0 Å². The highest BCUT2D eigenvalue weighted by Gasteiger charge is 2.25. The van der Waals surface area contributed by atoms with Crippen LogP contribution in [-0.2, 0) is 4.79 Å². The average Bonchev–Trinajstić information content (AvgIpc) is 2.22. The van der Waals surface area contributed by atoms with Crippen molar-refractivity contribution in [1.29, 1.82) is 0 Å². The van der Waals surface area contributed by atoms with E-state index in [0.717, 1.165) is 32.4 Å². The molecule has 1 aliphatic rings. The Hall–Kier alpha value is -0.630. The Morgan fingerprint density at radius 2 is 2.33 bits per heavy atom. The van der Waals surface area contributed by atoms with E-state index in [9.17, 15) is 4.79 Å². The zero-order chi connectivity index (χ0) is 11.1. The van der Waals surface area contributed by atoms with Crippen LogP contribution in [0.15, 0.2) is 12.7 Å². The quantitative estimate of drug-likeness (QED) is 0.495. The van der Waals surface area contributed by atoms with Crippen molar-refractivity contribution in [2.24, 2.45) is 0 Å². The molecule has 0 amide bonds. The number of carbonyl (C=O) groups is 1. The first kappa shape index (κ1) is 12.4. The fourth-order valence-electron chi connectivity index (χ4n) is 2.23. The molecule has 0 saturated carbocycles. The zero-order valence-electron chi connectivity index (χ0n) is 9.87. The van der Waals surface area contributed by atoms with Crippen molar-refractivity contribution in [2.75, 3.05) is 13.1 Å². The van der Waals surface area contributed by atoms with Crippen molar-refractivity contribution < 1.29 is 4.79 Å². The molecule has 1 atom stereocenters. The van der Waals surface area contributed by atoms with E-state index < -0.39 is 0 Å². The number of Topliss-reactive ketones (excluding diaryl/α,β-unsaturated/α-hetero) is 1. The Morgan fingerprint density at radius 3 is 3.00 bits per heavy atom. The Bertz CT molecular complexity index is 213. The third kappa shape index (κ3) is 4.17. The molecule has 86 valence electrons. The summed E-state index contributed by atoms with van der Waals surface area (Å²) in [5.41, 5.74) is 0. The van der Waals surface area contributed by atoms with Gasteiger partial charge in [0, 0.05) is 25.4 Å². The van der Waals surface area contributed by atoms with E-state index in [1.165, 1.54) is 19.3 Å². The van der Waals surface area contributed by atoms with Gasteiger partial charge in [-0.25, -0.2) is 0 Å². The van der Waals surface area contributed by atoms with Crippen molar-refractivity contribution in [3.05, 3.63) is 12.7 Å². The Balaban J connectivity index is 2.37. The first-order valence-electron chi connectivity index (χ1n) is 6.14. The van der Waals surface area contributed by atoms with Crippen molar-refractivity contribution in [3.63, 3.8) is 0 Å². The topological polar surface area (TPSA) is 20.3 Å². The molecule has 1 saturated heterocycles. The van der Waals surface area contributed by atoms with Crippen LogP contribution in [0.4, 0.5) is 0 Å². The molecular weight excluding hydrogens is 186 g/mol. The summed E-state index contributed by atoms with van der Waals surface area (Å²) in [5.74, 6) is 0.425. The molecule has 2 nitrogen and oxygen atoms in total. The normalized spacial score (nSPS) is 23.0. The molecule has 1 unspecified atom stereocenters. The van der Waals surface area contributed by atoms with Crippen LogP contribution in [0.1, 0.15) is 45.4 Å². The maximum atomic E-state index is 11.4. The molecule has 1 aliphatic heterocycles. The molecule has 0 aromatic carbocycles. The lowest BCUT2D eigenvalue weighted by Crippen LogP contribution is -2.42. The van der Waals surface area contributed by atoms with E-state index in [2.05, 4.69) is 18.4 Å². The second-order valence-electron chi connectivity index (χ2n) is 4.41. The number of unbranched alkanes of at least 4 members (excludes halogenated alkanes) is 2. The number of hydrogen-bond donors (Lipinski definition) is 0. The van der Waals surface area contributed by atoms with Crippen molar-refractivity contribution >= 4 is 5.78 Å². The summed E-state index contributed by atoms with van der Waals surface area (Å²) < 4.78 is 0. The predicted octanol–water partition coefficient (Wildman–Crippen LogP) is 2.79. The number of piperidine rings is 1. The summed E-state index contributed by atoms with van der Waals surface area (Å²) in [7, 11) is 0. The average molecular weight is 209 g/mol. The Morgan fingerprint density at radius 1 is 1.53 bits per heavy atom. The van der Waals surface area contributed by atoms with E-state index in [1.807, 2.05) is 6.08 Å². The smallest absolute Gasteiger partial charge is 0.135 e. The summed E-state index contributed by atoms with van der Waals surface area (Å²) in [6.45, 7) is 8.11. The van der Waals surface area contributed by atoms with Crippen LogP contribution in [0, 0.1) is 0 Å². The van der Waals surface area contributed by atoms with Gasteiger partial charge < -0.3 is 0 Å². The maximum Gasteiger partial charge on any atom is 0.135 e. The van der Waals surface area contributed by atoms with Gasteiger partial charge in [-0.15, -0.1) is 6.58 Å². The van der Waals surface area contributed by atoms with Gasteiger partial charge >= 0.3 is 0 Å². The highest BCUT2D eigenvalue weighted by atomic mass is 16.1. The number of rotatable bonds is 6. The first-order chi connectivity index (χ1) is 7.27. The van der Waals surface area contributed by atoms with Gasteiger partial charge in [0.15, 0.2) is 0 Å². The molecule has 1 fully saturated rings. The molecule has 0 aromatic rings. The molecule has 1 heterocycles. The number of nitrogens with zero attached hydrogens (tertiary/aromatic N) is 1. The van der Waals surface area contributed by atoms with Gasteiger partial charge in [-0.1, -0.05) is 25.8 Å². The minimum absolute atomic E-state index is 0.425. The van der Waals surface area contributed by atoms with Gasteiger partial charge in [0.1, 0.15) is 5.78 Å². The second kappa shape index (κ2) is 6.78. The molecule has 2 heteroatoms. The van der Waals surface area contributed by atoms with E-state index >= 15 is 0 Å². The van der Waals surface area contributed by atoms with Crippen molar-refractivity contribution in [2.45, 2.75) is 51.5 Å². The lowest BCUT2D eigenvalue weighted by atomic mass is 9.98. The van der Waals surface area contributed by atoms with Gasteiger partial charge in [-0.05, 0) is 19.4 Å². The maximum absolute atomic E-state index is 11.4. The first-order valence-corrected chi connectivity index (χ1v) is 6.14. The third-order valence-corrected chi connectivity index (χ3v) is 3.15. The highest BCUT2D eigenvalue weighted by molar-refractivity contribution is 5.80.